The largest absolute Gasteiger partial charge is 0.467 e. The number of hydrogen-bond acceptors (Lipinski definition) is 4. The Morgan fingerprint density at radius 1 is 1.18 bits per heavy atom. The normalized spacial score (nSPS) is 20.8. The molecule has 28 heavy (non-hydrogen) atoms. The molecule has 1 aliphatic rings. The highest BCUT2D eigenvalue weighted by Gasteiger charge is 2.35. The van der Waals surface area contributed by atoms with Gasteiger partial charge < -0.3 is 14.2 Å². The molecule has 0 amide bonds. The average molecular weight is 401 g/mol. The molecule has 1 saturated heterocycles. The third kappa shape index (κ3) is 4.16. The summed E-state index contributed by atoms with van der Waals surface area (Å²) in [6.45, 7) is 9.69. The highest BCUT2D eigenvalue weighted by molar-refractivity contribution is 6.30. The van der Waals surface area contributed by atoms with Gasteiger partial charge in [-0.1, -0.05) is 30.3 Å². The lowest BCUT2D eigenvalue weighted by molar-refractivity contribution is -1.02. The first-order valence-electron chi connectivity index (χ1n) is 9.57. The van der Waals surface area contributed by atoms with Crippen molar-refractivity contribution in [2.45, 2.75) is 12.6 Å². The monoisotopic (exact) mass is 400 g/mol. The average Bonchev–Trinajstić information content (AvgIpc) is 3.38. The van der Waals surface area contributed by atoms with Crippen LogP contribution in [0.15, 0.2) is 59.7 Å². The molecule has 146 valence electrons. The zero-order chi connectivity index (χ0) is 19.3. The fourth-order valence-corrected chi connectivity index (χ4v) is 4.05. The van der Waals surface area contributed by atoms with E-state index in [1.165, 1.54) is 10.5 Å². The van der Waals surface area contributed by atoms with Gasteiger partial charge in [-0.3, -0.25) is 0 Å². The van der Waals surface area contributed by atoms with Crippen molar-refractivity contribution >= 4 is 11.6 Å². The van der Waals surface area contributed by atoms with Gasteiger partial charge in [0.15, 0.2) is 6.04 Å². The predicted octanol–water partition coefficient (Wildman–Crippen LogP) is 0.0266. The van der Waals surface area contributed by atoms with Gasteiger partial charge in [0, 0.05) is 10.6 Å². The number of nitrogens with one attached hydrogen (secondary N) is 2. The number of benzene rings is 1. The summed E-state index contributed by atoms with van der Waals surface area (Å²) in [7, 11) is 0. The van der Waals surface area contributed by atoms with E-state index in [-0.39, 0.29) is 6.04 Å². The van der Waals surface area contributed by atoms with Crippen molar-refractivity contribution in [3.8, 4) is 0 Å². The summed E-state index contributed by atoms with van der Waals surface area (Å²) < 4.78 is 7.34. The van der Waals surface area contributed by atoms with E-state index in [1.54, 1.807) is 11.2 Å². The molecule has 0 unspecified atom stereocenters. The number of halogens is 1. The molecule has 1 fully saturated rings. The molecule has 1 aliphatic heterocycles. The van der Waals surface area contributed by atoms with Crippen LogP contribution in [0.5, 0.6) is 0 Å². The molecule has 4 rings (SSSR count). The van der Waals surface area contributed by atoms with Gasteiger partial charge in [0.05, 0.1) is 12.8 Å². The maximum Gasteiger partial charge on any atom is 0.214 e. The summed E-state index contributed by atoms with van der Waals surface area (Å²) in [6, 6.07) is 11.9. The van der Waals surface area contributed by atoms with Crippen LogP contribution in [0.25, 0.3) is 0 Å². The molecule has 0 spiro atoms. The molecule has 2 N–H and O–H groups in total. The van der Waals surface area contributed by atoms with Crippen LogP contribution in [-0.2, 0) is 6.54 Å². The van der Waals surface area contributed by atoms with Gasteiger partial charge in [0.2, 0.25) is 5.82 Å². The van der Waals surface area contributed by atoms with E-state index >= 15 is 0 Å². The molecular formula is C20H25ClN6O+2. The molecule has 0 radical (unpaired) electrons. The van der Waals surface area contributed by atoms with E-state index < -0.39 is 0 Å². The van der Waals surface area contributed by atoms with Gasteiger partial charge in [-0.2, -0.15) is 0 Å². The Balaban J connectivity index is 1.64. The number of quaternary nitrogens is 2. The van der Waals surface area contributed by atoms with Crippen LogP contribution in [0.2, 0.25) is 5.02 Å². The van der Waals surface area contributed by atoms with E-state index in [0.29, 0.717) is 6.54 Å². The minimum atomic E-state index is 0.0486. The third-order valence-corrected chi connectivity index (χ3v) is 5.60. The van der Waals surface area contributed by atoms with Gasteiger partial charge in [-0.15, -0.1) is 5.10 Å². The topological polar surface area (TPSA) is 65.6 Å². The molecule has 0 saturated carbocycles. The van der Waals surface area contributed by atoms with Crippen molar-refractivity contribution in [3.63, 3.8) is 0 Å². The van der Waals surface area contributed by atoms with Gasteiger partial charge in [0.25, 0.3) is 0 Å². The Morgan fingerprint density at radius 3 is 2.64 bits per heavy atom. The van der Waals surface area contributed by atoms with Crippen molar-refractivity contribution in [1.82, 2.24) is 20.2 Å². The summed E-state index contributed by atoms with van der Waals surface area (Å²) in [6.07, 6.45) is 3.67. The number of piperazine rings is 1. The molecule has 1 aromatic carbocycles. The molecule has 0 bridgehead atoms. The minimum Gasteiger partial charge on any atom is -0.467 e. The quantitative estimate of drug-likeness (QED) is 0.549. The SMILES string of the molecule is C=CC[NH+]1CC[NH+]([C@H](c2ccc(Cl)cc2)c2nnnn2Cc2ccco2)CC1. The van der Waals surface area contributed by atoms with Crippen LogP contribution < -0.4 is 9.80 Å². The Kier molecular flexibility index (Phi) is 5.85. The van der Waals surface area contributed by atoms with Gasteiger partial charge >= 0.3 is 0 Å². The lowest BCUT2D eigenvalue weighted by atomic mass is 10.0. The molecule has 2 aromatic heterocycles. The summed E-state index contributed by atoms with van der Waals surface area (Å²) in [5.74, 6) is 1.68. The number of aromatic nitrogens is 4. The second kappa shape index (κ2) is 8.68. The highest BCUT2D eigenvalue weighted by atomic mass is 35.5. The number of furan rings is 1. The summed E-state index contributed by atoms with van der Waals surface area (Å²) in [5.41, 5.74) is 1.17. The maximum absolute atomic E-state index is 6.13. The standard InChI is InChI=1S/C20H23ClN6O/c1-2-9-25-10-12-26(13-11-25)19(16-5-7-17(21)8-6-16)20-22-23-24-27(20)15-18-4-3-14-28-18/h2-8,14,19H,1,9-13,15H2/p+2/t19-/m1/s1. The number of rotatable bonds is 7. The number of hydrogen-bond donors (Lipinski definition) is 2. The molecular weight excluding hydrogens is 376 g/mol. The summed E-state index contributed by atoms with van der Waals surface area (Å²) in [4.78, 5) is 3.04. The van der Waals surface area contributed by atoms with Crippen molar-refractivity contribution in [1.29, 1.82) is 0 Å². The zero-order valence-corrected chi connectivity index (χ0v) is 16.5. The van der Waals surface area contributed by atoms with Crippen molar-refractivity contribution in [3.05, 3.63) is 77.5 Å². The molecule has 0 aliphatic carbocycles. The van der Waals surface area contributed by atoms with Crippen molar-refractivity contribution in [2.24, 2.45) is 0 Å². The van der Waals surface area contributed by atoms with Gasteiger partial charge in [-0.05, 0) is 40.8 Å². The third-order valence-electron chi connectivity index (χ3n) is 5.35. The summed E-state index contributed by atoms with van der Waals surface area (Å²) >= 11 is 6.13. The van der Waals surface area contributed by atoms with Crippen LogP contribution in [0.4, 0.5) is 0 Å². The second-order valence-corrected chi connectivity index (χ2v) is 7.60. The molecule has 8 heteroatoms. The lowest BCUT2D eigenvalue weighted by Crippen LogP contribution is -3.28. The zero-order valence-electron chi connectivity index (χ0n) is 15.7. The van der Waals surface area contributed by atoms with E-state index in [1.807, 2.05) is 35.0 Å². The number of tetrazole rings is 1. The highest BCUT2D eigenvalue weighted by Crippen LogP contribution is 2.20. The Hall–Kier alpha value is -2.48. The lowest BCUT2D eigenvalue weighted by Gasteiger charge is -2.33. The first kappa shape index (κ1) is 18.9. The van der Waals surface area contributed by atoms with Gasteiger partial charge in [-0.25, -0.2) is 4.68 Å². The fraction of sp³-hybridized carbons (Fsp3) is 0.350. The predicted molar refractivity (Wildman–Crippen MR) is 105 cm³/mol. The minimum absolute atomic E-state index is 0.0486. The molecule has 3 aromatic rings. The Labute approximate surface area is 169 Å². The van der Waals surface area contributed by atoms with E-state index in [4.69, 9.17) is 16.0 Å². The van der Waals surface area contributed by atoms with Crippen LogP contribution in [0.3, 0.4) is 0 Å². The first-order valence-corrected chi connectivity index (χ1v) is 9.95. The Bertz CT molecular complexity index is 884. The molecule has 1 atom stereocenters. The van der Waals surface area contributed by atoms with Crippen LogP contribution in [0, 0.1) is 0 Å². The van der Waals surface area contributed by atoms with Crippen molar-refractivity contribution < 1.29 is 14.2 Å². The number of nitrogens with zero attached hydrogens (tertiary/aromatic N) is 4. The fourth-order valence-electron chi connectivity index (χ4n) is 3.93. The van der Waals surface area contributed by atoms with E-state index in [2.05, 4.69) is 34.2 Å². The van der Waals surface area contributed by atoms with Crippen LogP contribution >= 0.6 is 11.6 Å². The molecule has 7 nitrogen and oxygen atoms in total. The van der Waals surface area contributed by atoms with E-state index in [9.17, 15) is 0 Å². The van der Waals surface area contributed by atoms with Crippen molar-refractivity contribution in [2.75, 3.05) is 32.7 Å². The van der Waals surface area contributed by atoms with Crippen LogP contribution in [-0.4, -0.2) is 52.9 Å². The first-order chi connectivity index (χ1) is 13.7. The van der Waals surface area contributed by atoms with Gasteiger partial charge in [0.1, 0.15) is 38.5 Å². The van der Waals surface area contributed by atoms with E-state index in [0.717, 1.165) is 49.3 Å². The van der Waals surface area contributed by atoms with Crippen LogP contribution in [0.1, 0.15) is 23.2 Å². The smallest absolute Gasteiger partial charge is 0.214 e. The summed E-state index contributed by atoms with van der Waals surface area (Å²) in [5, 5.41) is 13.3. The maximum atomic E-state index is 6.13. The Morgan fingerprint density at radius 2 is 1.96 bits per heavy atom. The second-order valence-electron chi connectivity index (χ2n) is 7.16. The molecule has 3 heterocycles.